The predicted octanol–water partition coefficient (Wildman–Crippen LogP) is 4.53. The zero-order valence-electron chi connectivity index (χ0n) is 13.3. The van der Waals surface area contributed by atoms with Crippen LogP contribution in [-0.4, -0.2) is 14.2 Å². The first-order valence-corrected chi connectivity index (χ1v) is 8.15. The summed E-state index contributed by atoms with van der Waals surface area (Å²) in [5, 5.41) is 3.44. The van der Waals surface area contributed by atoms with E-state index < -0.39 is 0 Å². The molecule has 112 valence electrons. The molecule has 0 aliphatic heterocycles. The molecule has 0 spiro atoms. The molecule has 0 aliphatic rings. The van der Waals surface area contributed by atoms with Crippen molar-refractivity contribution in [2.75, 3.05) is 14.2 Å². The van der Waals surface area contributed by atoms with E-state index in [1.165, 1.54) is 31.4 Å². The molecule has 0 amide bonds. The van der Waals surface area contributed by atoms with Gasteiger partial charge in [0.25, 0.3) is 0 Å². The van der Waals surface area contributed by atoms with Gasteiger partial charge in [-0.15, -0.1) is 0 Å². The van der Waals surface area contributed by atoms with Gasteiger partial charge in [-0.2, -0.15) is 0 Å². The first kappa shape index (κ1) is 16.3. The molecule has 2 aromatic rings. The second-order valence-corrected chi connectivity index (χ2v) is 6.41. The van der Waals surface area contributed by atoms with Crippen LogP contribution in [-0.2, 0) is 0 Å². The number of hydrogen-bond donors (Lipinski definition) is 1. The van der Waals surface area contributed by atoms with Crippen LogP contribution >= 0.6 is 22.6 Å². The van der Waals surface area contributed by atoms with Gasteiger partial charge in [0.15, 0.2) is 0 Å². The molecule has 1 unspecified atom stereocenters. The lowest BCUT2D eigenvalue weighted by Crippen LogP contribution is -2.20. The average molecular weight is 395 g/mol. The van der Waals surface area contributed by atoms with Gasteiger partial charge in [-0.1, -0.05) is 30.3 Å². The molecule has 0 saturated heterocycles. The molecule has 0 aromatic heterocycles. The summed E-state index contributed by atoms with van der Waals surface area (Å²) in [7, 11) is 3.75. The van der Waals surface area contributed by atoms with Crippen molar-refractivity contribution in [2.45, 2.75) is 26.8 Å². The summed E-state index contributed by atoms with van der Waals surface area (Å²) in [6, 6.07) is 10.9. The van der Waals surface area contributed by atoms with Gasteiger partial charge in [0.05, 0.1) is 13.2 Å². The lowest BCUT2D eigenvalue weighted by atomic mass is 9.93. The maximum atomic E-state index is 5.69. The fourth-order valence-electron chi connectivity index (χ4n) is 2.68. The largest absolute Gasteiger partial charge is 0.496 e. The van der Waals surface area contributed by atoms with Gasteiger partial charge in [-0.25, -0.2) is 0 Å². The predicted molar refractivity (Wildman–Crippen MR) is 97.3 cm³/mol. The Labute approximate surface area is 141 Å². The minimum atomic E-state index is 0.131. The fraction of sp³-hybridized carbons (Fsp3) is 0.333. The van der Waals surface area contributed by atoms with Crippen molar-refractivity contribution in [3.63, 3.8) is 0 Å². The highest BCUT2D eigenvalue weighted by Gasteiger charge is 2.21. The number of nitrogens with one attached hydrogen (secondary N) is 1. The molecule has 1 atom stereocenters. The van der Waals surface area contributed by atoms with Gasteiger partial charge in [0.2, 0.25) is 0 Å². The molecule has 0 fully saturated rings. The van der Waals surface area contributed by atoms with Crippen LogP contribution in [0.2, 0.25) is 0 Å². The van der Waals surface area contributed by atoms with Crippen LogP contribution < -0.4 is 10.1 Å². The van der Waals surface area contributed by atoms with Crippen LogP contribution in [0.4, 0.5) is 0 Å². The highest BCUT2D eigenvalue weighted by molar-refractivity contribution is 14.1. The molecule has 0 radical (unpaired) electrons. The number of halogens is 1. The van der Waals surface area contributed by atoms with E-state index in [1.807, 2.05) is 7.05 Å². The van der Waals surface area contributed by atoms with Crippen molar-refractivity contribution in [1.82, 2.24) is 5.32 Å². The van der Waals surface area contributed by atoms with Crippen LogP contribution in [0, 0.1) is 24.3 Å². The molecule has 21 heavy (non-hydrogen) atoms. The summed E-state index contributed by atoms with van der Waals surface area (Å²) in [6.45, 7) is 6.38. The molecule has 2 rings (SSSR count). The van der Waals surface area contributed by atoms with E-state index in [4.69, 9.17) is 4.74 Å². The van der Waals surface area contributed by atoms with E-state index in [0.29, 0.717) is 0 Å². The van der Waals surface area contributed by atoms with Crippen molar-refractivity contribution in [2.24, 2.45) is 0 Å². The number of hydrogen-bond acceptors (Lipinski definition) is 2. The van der Waals surface area contributed by atoms with Crippen LogP contribution in [0.5, 0.6) is 5.75 Å². The van der Waals surface area contributed by atoms with Gasteiger partial charge in [0, 0.05) is 9.13 Å². The Bertz CT molecular complexity index is 652. The van der Waals surface area contributed by atoms with Crippen LogP contribution in [0.15, 0.2) is 30.3 Å². The fourth-order valence-corrected chi connectivity index (χ4v) is 3.35. The first-order chi connectivity index (χ1) is 10.0. The van der Waals surface area contributed by atoms with E-state index in [-0.39, 0.29) is 6.04 Å². The number of methoxy groups -OCH3 is 1. The molecule has 0 saturated carbocycles. The number of aryl methyl sites for hydroxylation is 2. The van der Waals surface area contributed by atoms with E-state index in [1.54, 1.807) is 7.11 Å². The van der Waals surface area contributed by atoms with Gasteiger partial charge in [-0.05, 0) is 72.7 Å². The van der Waals surface area contributed by atoms with E-state index >= 15 is 0 Å². The maximum Gasteiger partial charge on any atom is 0.127 e. The van der Waals surface area contributed by atoms with E-state index in [9.17, 15) is 0 Å². The Balaban J connectivity index is 2.62. The molecule has 0 bridgehead atoms. The zero-order chi connectivity index (χ0) is 15.6. The molecule has 3 heteroatoms. The van der Waals surface area contributed by atoms with Crippen molar-refractivity contribution >= 4 is 22.6 Å². The number of benzene rings is 2. The Morgan fingerprint density at radius 2 is 1.71 bits per heavy atom. The van der Waals surface area contributed by atoms with Gasteiger partial charge >= 0.3 is 0 Å². The lowest BCUT2D eigenvalue weighted by Gasteiger charge is -2.23. The third-order valence-electron chi connectivity index (χ3n) is 4.04. The number of rotatable bonds is 4. The summed E-state index contributed by atoms with van der Waals surface area (Å²) in [4.78, 5) is 0. The standard InChI is InChI=1S/C18H22INO/c1-11-9-10-15(18(21-5)13(11)3)17(20-4)14-8-6-7-12(2)16(14)19/h6-10,17,20H,1-5H3. The van der Waals surface area contributed by atoms with Crippen LogP contribution in [0.25, 0.3) is 0 Å². The summed E-state index contributed by atoms with van der Waals surface area (Å²) in [6.07, 6.45) is 0. The van der Waals surface area contributed by atoms with Crippen molar-refractivity contribution in [3.8, 4) is 5.75 Å². The number of ether oxygens (including phenoxy) is 1. The molecule has 0 aliphatic carbocycles. The Morgan fingerprint density at radius 3 is 2.33 bits per heavy atom. The third-order valence-corrected chi connectivity index (χ3v) is 5.52. The zero-order valence-corrected chi connectivity index (χ0v) is 15.4. The summed E-state index contributed by atoms with van der Waals surface area (Å²) >= 11 is 2.43. The van der Waals surface area contributed by atoms with Crippen LogP contribution in [0.3, 0.4) is 0 Å². The molecule has 2 aromatic carbocycles. The summed E-state index contributed by atoms with van der Waals surface area (Å²) in [5.41, 5.74) is 6.24. The van der Waals surface area contributed by atoms with Gasteiger partial charge in [-0.3, -0.25) is 0 Å². The topological polar surface area (TPSA) is 21.3 Å². The Hall–Kier alpha value is -1.07. The summed E-state index contributed by atoms with van der Waals surface area (Å²) in [5.74, 6) is 0.978. The minimum absolute atomic E-state index is 0.131. The average Bonchev–Trinajstić information content (AvgIpc) is 2.48. The normalized spacial score (nSPS) is 12.3. The second kappa shape index (κ2) is 6.79. The van der Waals surface area contributed by atoms with Crippen molar-refractivity contribution in [3.05, 3.63) is 61.7 Å². The molecule has 0 heterocycles. The maximum absolute atomic E-state index is 5.69. The minimum Gasteiger partial charge on any atom is -0.496 e. The van der Waals surface area contributed by atoms with E-state index in [2.05, 4.69) is 79.0 Å². The van der Waals surface area contributed by atoms with Gasteiger partial charge < -0.3 is 10.1 Å². The smallest absolute Gasteiger partial charge is 0.127 e. The first-order valence-electron chi connectivity index (χ1n) is 7.07. The summed E-state index contributed by atoms with van der Waals surface area (Å²) < 4.78 is 6.99. The highest BCUT2D eigenvalue weighted by Crippen LogP contribution is 2.36. The van der Waals surface area contributed by atoms with E-state index in [0.717, 1.165) is 5.75 Å². The Kier molecular flexibility index (Phi) is 5.27. The SMILES string of the molecule is CNC(c1cccc(C)c1I)c1ccc(C)c(C)c1OC. The van der Waals surface area contributed by atoms with Crippen molar-refractivity contribution < 1.29 is 4.74 Å². The Morgan fingerprint density at radius 1 is 1.00 bits per heavy atom. The molecule has 2 nitrogen and oxygen atoms in total. The molecule has 1 N–H and O–H groups in total. The molecular weight excluding hydrogens is 373 g/mol. The second-order valence-electron chi connectivity index (χ2n) is 5.33. The van der Waals surface area contributed by atoms with Crippen LogP contribution in [0.1, 0.15) is 33.9 Å². The molecular formula is C18H22INO. The third kappa shape index (κ3) is 3.09. The monoisotopic (exact) mass is 395 g/mol. The van der Waals surface area contributed by atoms with Gasteiger partial charge in [0.1, 0.15) is 5.75 Å². The highest BCUT2D eigenvalue weighted by atomic mass is 127. The lowest BCUT2D eigenvalue weighted by molar-refractivity contribution is 0.402. The quantitative estimate of drug-likeness (QED) is 0.768. The van der Waals surface area contributed by atoms with Crippen molar-refractivity contribution in [1.29, 1.82) is 0 Å².